The number of carbonyl (C=O) groups excluding carboxylic acids is 1. The maximum atomic E-state index is 13.9. The molecule has 1 N–H and O–H groups in total. The molecular formula is C26H34N4O3. The van der Waals surface area contributed by atoms with Crippen LogP contribution in [0.4, 0.5) is 17.3 Å². The van der Waals surface area contributed by atoms with Gasteiger partial charge < -0.3 is 14.8 Å². The normalized spacial score (nSPS) is 23.4. The van der Waals surface area contributed by atoms with Crippen LogP contribution < -0.4 is 10.2 Å². The molecule has 5 rings (SSSR count). The number of hydrogen-bond acceptors (Lipinski definition) is 6. The lowest BCUT2D eigenvalue weighted by Crippen LogP contribution is -2.39. The van der Waals surface area contributed by atoms with Crippen LogP contribution in [-0.4, -0.2) is 41.3 Å². The number of anilines is 3. The van der Waals surface area contributed by atoms with Crippen LogP contribution in [0.15, 0.2) is 30.5 Å². The average molecular weight is 451 g/mol. The van der Waals surface area contributed by atoms with Crippen molar-refractivity contribution in [3.63, 3.8) is 0 Å². The second-order valence-electron chi connectivity index (χ2n) is 9.71. The van der Waals surface area contributed by atoms with Crippen LogP contribution in [-0.2, 0) is 20.8 Å². The van der Waals surface area contributed by atoms with E-state index >= 15 is 0 Å². The molecule has 2 aliphatic heterocycles. The summed E-state index contributed by atoms with van der Waals surface area (Å²) in [7, 11) is 0. The van der Waals surface area contributed by atoms with Crippen molar-refractivity contribution in [2.24, 2.45) is 5.92 Å². The molecule has 3 aliphatic rings. The van der Waals surface area contributed by atoms with Gasteiger partial charge in [0.1, 0.15) is 5.82 Å². The molecule has 1 aliphatic carbocycles. The molecule has 0 spiro atoms. The topological polar surface area (TPSA) is 76.6 Å². The molecule has 1 saturated carbocycles. The maximum Gasteiger partial charge on any atom is 0.231 e. The number of hydrogen-bond donors (Lipinski definition) is 1. The Morgan fingerprint density at radius 3 is 2.67 bits per heavy atom. The Hall–Kier alpha value is -2.51. The van der Waals surface area contributed by atoms with E-state index in [1.807, 2.05) is 17.0 Å². The first-order valence-electron chi connectivity index (χ1n) is 12.3. The van der Waals surface area contributed by atoms with Gasteiger partial charge in [-0.2, -0.15) is 0 Å². The SMILES string of the molecule is CC(C)OC1CCC(C(=O)N2Cc3cccnc3Nc3ccc(C4CCOCC4)nc32)CC1. The average Bonchev–Trinajstić information content (AvgIpc) is 3.00. The third-order valence-corrected chi connectivity index (χ3v) is 7.02. The summed E-state index contributed by atoms with van der Waals surface area (Å²) in [6.07, 6.45) is 7.77. The van der Waals surface area contributed by atoms with Gasteiger partial charge in [-0.25, -0.2) is 9.97 Å². The molecule has 2 aromatic heterocycles. The van der Waals surface area contributed by atoms with Crippen LogP contribution in [0.25, 0.3) is 0 Å². The van der Waals surface area contributed by atoms with E-state index in [1.165, 1.54) is 0 Å². The number of pyridine rings is 2. The zero-order chi connectivity index (χ0) is 22.8. The van der Waals surface area contributed by atoms with Crippen LogP contribution in [0.1, 0.15) is 69.5 Å². The largest absolute Gasteiger partial charge is 0.381 e. The summed E-state index contributed by atoms with van der Waals surface area (Å²) in [6, 6.07) is 8.11. The molecule has 0 atom stereocenters. The van der Waals surface area contributed by atoms with Gasteiger partial charge in [0.25, 0.3) is 0 Å². The molecule has 7 nitrogen and oxygen atoms in total. The highest BCUT2D eigenvalue weighted by Crippen LogP contribution is 2.38. The van der Waals surface area contributed by atoms with Gasteiger partial charge in [0.15, 0.2) is 5.82 Å². The van der Waals surface area contributed by atoms with Gasteiger partial charge in [-0.15, -0.1) is 0 Å². The summed E-state index contributed by atoms with van der Waals surface area (Å²) in [5, 5.41) is 3.44. The second-order valence-corrected chi connectivity index (χ2v) is 9.71. The fraction of sp³-hybridized carbons (Fsp3) is 0.577. The second kappa shape index (κ2) is 9.77. The Labute approximate surface area is 195 Å². The number of carbonyl (C=O) groups is 1. The molecule has 1 amide bonds. The smallest absolute Gasteiger partial charge is 0.231 e. The van der Waals surface area contributed by atoms with Crippen molar-refractivity contribution < 1.29 is 14.3 Å². The first-order chi connectivity index (χ1) is 16.1. The van der Waals surface area contributed by atoms with Gasteiger partial charge in [-0.05, 0) is 70.6 Å². The summed E-state index contributed by atoms with van der Waals surface area (Å²) in [6.45, 7) is 6.16. The summed E-state index contributed by atoms with van der Waals surface area (Å²) >= 11 is 0. The van der Waals surface area contributed by atoms with Crippen molar-refractivity contribution in [2.45, 2.75) is 77.0 Å². The lowest BCUT2D eigenvalue weighted by atomic mass is 9.86. The van der Waals surface area contributed by atoms with Crippen LogP contribution >= 0.6 is 0 Å². The number of nitrogens with zero attached hydrogens (tertiary/aromatic N) is 3. The highest BCUT2D eigenvalue weighted by Gasteiger charge is 2.34. The van der Waals surface area contributed by atoms with E-state index < -0.39 is 0 Å². The van der Waals surface area contributed by atoms with E-state index in [2.05, 4.69) is 36.3 Å². The number of fused-ring (bicyclic) bond motifs is 2. The van der Waals surface area contributed by atoms with Gasteiger partial charge in [-0.3, -0.25) is 9.69 Å². The first-order valence-corrected chi connectivity index (χ1v) is 12.3. The quantitative estimate of drug-likeness (QED) is 0.711. The molecule has 7 heteroatoms. The van der Waals surface area contributed by atoms with Gasteiger partial charge in [-0.1, -0.05) is 6.07 Å². The van der Waals surface area contributed by atoms with Gasteiger partial charge in [0, 0.05) is 42.5 Å². The van der Waals surface area contributed by atoms with Gasteiger partial charge >= 0.3 is 0 Å². The van der Waals surface area contributed by atoms with Crippen LogP contribution in [0.3, 0.4) is 0 Å². The minimum Gasteiger partial charge on any atom is -0.381 e. The molecular weight excluding hydrogens is 416 g/mol. The zero-order valence-electron chi connectivity index (χ0n) is 19.6. The minimum absolute atomic E-state index is 0.00313. The number of ether oxygens (including phenoxy) is 2. The molecule has 176 valence electrons. The van der Waals surface area contributed by atoms with E-state index in [4.69, 9.17) is 14.5 Å². The fourth-order valence-corrected chi connectivity index (χ4v) is 5.27. The summed E-state index contributed by atoms with van der Waals surface area (Å²) in [5.41, 5.74) is 2.89. The predicted molar refractivity (Wildman–Crippen MR) is 128 cm³/mol. The number of rotatable bonds is 4. The standard InChI is InChI=1S/C26H34N4O3/c1-17(2)33-21-7-5-19(6-8-21)26(31)30-16-20-4-3-13-27-24(20)28-23-10-9-22(29-25(23)30)18-11-14-32-15-12-18/h3-4,9-10,13,17-19,21H,5-8,11-12,14-16H2,1-2H3,(H,27,28). The van der Waals surface area contributed by atoms with Crippen molar-refractivity contribution in [1.82, 2.24) is 9.97 Å². The van der Waals surface area contributed by atoms with Crippen LogP contribution in [0, 0.1) is 5.92 Å². The van der Waals surface area contributed by atoms with E-state index in [9.17, 15) is 4.79 Å². The summed E-state index contributed by atoms with van der Waals surface area (Å²) in [4.78, 5) is 25.4. The van der Waals surface area contributed by atoms with Gasteiger partial charge in [0.2, 0.25) is 5.91 Å². The molecule has 1 saturated heterocycles. The summed E-state index contributed by atoms with van der Waals surface area (Å²) in [5.74, 6) is 2.05. The minimum atomic E-state index is -0.00313. The maximum absolute atomic E-state index is 13.9. The van der Waals surface area contributed by atoms with Crippen molar-refractivity contribution in [2.75, 3.05) is 23.4 Å². The zero-order valence-corrected chi connectivity index (χ0v) is 19.6. The third kappa shape index (κ3) is 4.89. The number of nitrogens with one attached hydrogen (secondary N) is 1. The van der Waals surface area contributed by atoms with Crippen molar-refractivity contribution >= 4 is 23.2 Å². The predicted octanol–water partition coefficient (Wildman–Crippen LogP) is 4.94. The molecule has 2 fully saturated rings. The Morgan fingerprint density at radius 2 is 1.91 bits per heavy atom. The Balaban J connectivity index is 1.43. The molecule has 0 bridgehead atoms. The fourth-order valence-electron chi connectivity index (χ4n) is 5.27. The lowest BCUT2D eigenvalue weighted by molar-refractivity contribution is -0.124. The van der Waals surface area contributed by atoms with E-state index in [1.54, 1.807) is 6.20 Å². The van der Waals surface area contributed by atoms with Crippen molar-refractivity contribution in [3.05, 3.63) is 41.7 Å². The Bertz CT molecular complexity index is 981. The molecule has 33 heavy (non-hydrogen) atoms. The third-order valence-electron chi connectivity index (χ3n) is 7.02. The van der Waals surface area contributed by atoms with E-state index in [0.29, 0.717) is 12.5 Å². The summed E-state index contributed by atoms with van der Waals surface area (Å²) < 4.78 is 11.5. The highest BCUT2D eigenvalue weighted by atomic mass is 16.5. The van der Waals surface area contributed by atoms with Crippen LogP contribution in [0.5, 0.6) is 0 Å². The highest BCUT2D eigenvalue weighted by molar-refractivity contribution is 5.98. The molecule has 2 aromatic rings. The molecule has 4 heterocycles. The van der Waals surface area contributed by atoms with Crippen molar-refractivity contribution in [3.8, 4) is 0 Å². The van der Waals surface area contributed by atoms with Crippen molar-refractivity contribution in [1.29, 1.82) is 0 Å². The van der Waals surface area contributed by atoms with Gasteiger partial charge in [0.05, 0.1) is 24.4 Å². The van der Waals surface area contributed by atoms with Crippen LogP contribution in [0.2, 0.25) is 0 Å². The molecule has 0 aromatic carbocycles. The lowest BCUT2D eigenvalue weighted by Gasteiger charge is -2.32. The van der Waals surface area contributed by atoms with E-state index in [0.717, 1.165) is 80.3 Å². The Morgan fingerprint density at radius 1 is 1.12 bits per heavy atom. The number of aromatic nitrogens is 2. The Kier molecular flexibility index (Phi) is 6.60. The number of amides is 1. The first kappa shape index (κ1) is 22.3. The monoisotopic (exact) mass is 450 g/mol. The molecule has 0 radical (unpaired) electrons. The van der Waals surface area contributed by atoms with E-state index in [-0.39, 0.29) is 24.0 Å². The molecule has 0 unspecified atom stereocenters.